The molecule has 0 saturated carbocycles. The number of hydrogen-bond acceptors (Lipinski definition) is 6. The Labute approximate surface area is 170 Å². The Morgan fingerprint density at radius 2 is 1.93 bits per heavy atom. The van der Waals surface area contributed by atoms with Gasteiger partial charge in [0.1, 0.15) is 10.9 Å². The summed E-state index contributed by atoms with van der Waals surface area (Å²) in [4.78, 5) is 24.0. The van der Waals surface area contributed by atoms with Gasteiger partial charge in [0.05, 0.1) is 23.8 Å². The molecule has 1 heterocycles. The average molecular weight is 433 g/mol. The van der Waals surface area contributed by atoms with E-state index in [0.29, 0.717) is 0 Å². The number of ether oxygens (including phenoxy) is 2. The van der Waals surface area contributed by atoms with Crippen LogP contribution < -0.4 is 5.32 Å². The molecule has 1 aromatic carbocycles. The smallest absolute Gasteiger partial charge is 0.328 e. The summed E-state index contributed by atoms with van der Waals surface area (Å²) in [5, 5.41) is 2.50. The van der Waals surface area contributed by atoms with Gasteiger partial charge in [0.15, 0.2) is 0 Å². The van der Waals surface area contributed by atoms with E-state index in [2.05, 4.69) is 5.32 Å². The molecule has 1 N–H and O–H groups in total. The topological polar surface area (TPSA) is 102 Å². The fourth-order valence-electron chi connectivity index (χ4n) is 2.91. The zero-order valence-electron chi connectivity index (χ0n) is 16.3. The van der Waals surface area contributed by atoms with Crippen molar-refractivity contribution in [1.29, 1.82) is 0 Å². The number of rotatable bonds is 6. The van der Waals surface area contributed by atoms with Crippen LogP contribution in [0.2, 0.25) is 5.02 Å². The Hall–Kier alpha value is -1.68. The third-order valence-corrected chi connectivity index (χ3v) is 6.50. The van der Waals surface area contributed by atoms with Crippen molar-refractivity contribution >= 4 is 33.5 Å². The quantitative estimate of drug-likeness (QED) is 0.688. The Bertz CT molecular complexity index is 834. The minimum atomic E-state index is -3.92. The van der Waals surface area contributed by atoms with Gasteiger partial charge >= 0.3 is 5.97 Å². The second kappa shape index (κ2) is 9.21. The number of nitrogens with zero attached hydrogens (tertiary/aromatic N) is 1. The monoisotopic (exact) mass is 432 g/mol. The largest absolute Gasteiger partial charge is 0.464 e. The summed E-state index contributed by atoms with van der Waals surface area (Å²) in [6, 6.07) is 3.10. The molecule has 28 heavy (non-hydrogen) atoms. The van der Waals surface area contributed by atoms with Crippen molar-refractivity contribution in [2.45, 2.75) is 50.8 Å². The molecule has 156 valence electrons. The lowest BCUT2D eigenvalue weighted by Gasteiger charge is -2.34. The molecule has 1 aromatic rings. The number of carbonyl (C=O) groups is 2. The van der Waals surface area contributed by atoms with Crippen LogP contribution in [0.4, 0.5) is 0 Å². The van der Waals surface area contributed by atoms with E-state index in [1.165, 1.54) is 29.4 Å². The number of nitrogens with one attached hydrogen (secondary N) is 1. The third kappa shape index (κ3) is 5.22. The second-order valence-electron chi connectivity index (χ2n) is 6.67. The molecule has 8 nitrogen and oxygen atoms in total. The minimum Gasteiger partial charge on any atom is -0.464 e. The summed E-state index contributed by atoms with van der Waals surface area (Å²) in [5.74, 6) is -1.17. The summed E-state index contributed by atoms with van der Waals surface area (Å²) in [5.41, 5.74) is 0.0773. The van der Waals surface area contributed by atoms with Gasteiger partial charge in [-0.3, -0.25) is 4.79 Å². The number of halogens is 1. The minimum absolute atomic E-state index is 0.0155. The number of hydrogen-bond donors (Lipinski definition) is 1. The molecule has 0 aromatic heterocycles. The Balaban J connectivity index is 2.27. The number of esters is 1. The van der Waals surface area contributed by atoms with Crippen LogP contribution in [-0.2, 0) is 24.3 Å². The number of benzene rings is 1. The molecule has 3 atom stereocenters. The molecule has 1 fully saturated rings. The van der Waals surface area contributed by atoms with Gasteiger partial charge in [-0.05, 0) is 45.9 Å². The molecule has 0 spiro atoms. The fourth-order valence-corrected chi connectivity index (χ4v) is 5.01. The van der Waals surface area contributed by atoms with E-state index < -0.39 is 27.9 Å². The van der Waals surface area contributed by atoms with Gasteiger partial charge in [0, 0.05) is 18.7 Å². The predicted molar refractivity (Wildman–Crippen MR) is 104 cm³/mol. The first kappa shape index (κ1) is 22.6. The van der Waals surface area contributed by atoms with Crippen molar-refractivity contribution in [3.05, 3.63) is 28.8 Å². The van der Waals surface area contributed by atoms with Crippen molar-refractivity contribution in [3.63, 3.8) is 0 Å². The average Bonchev–Trinajstić information content (AvgIpc) is 2.61. The van der Waals surface area contributed by atoms with Gasteiger partial charge < -0.3 is 14.8 Å². The summed E-state index contributed by atoms with van der Waals surface area (Å²) >= 11 is 6.13. The van der Waals surface area contributed by atoms with Crippen LogP contribution in [0.25, 0.3) is 0 Å². The summed E-state index contributed by atoms with van der Waals surface area (Å²) in [6.07, 6.45) is -0.511. The number of morpholine rings is 1. The van der Waals surface area contributed by atoms with E-state index in [1.54, 1.807) is 20.8 Å². The zero-order chi connectivity index (χ0) is 21.1. The van der Waals surface area contributed by atoms with E-state index in [-0.39, 0.29) is 47.4 Å². The number of amides is 1. The highest BCUT2D eigenvalue weighted by molar-refractivity contribution is 7.89. The van der Waals surface area contributed by atoms with Crippen molar-refractivity contribution in [2.24, 2.45) is 0 Å². The van der Waals surface area contributed by atoms with Crippen molar-refractivity contribution in [2.75, 3.05) is 19.7 Å². The van der Waals surface area contributed by atoms with Gasteiger partial charge in [-0.2, -0.15) is 4.31 Å². The lowest BCUT2D eigenvalue weighted by Crippen LogP contribution is -2.48. The van der Waals surface area contributed by atoms with Gasteiger partial charge in [-0.1, -0.05) is 11.6 Å². The molecule has 2 rings (SSSR count). The Morgan fingerprint density at radius 3 is 2.50 bits per heavy atom. The fraction of sp³-hybridized carbons (Fsp3) is 0.556. The van der Waals surface area contributed by atoms with Crippen LogP contribution in [0.5, 0.6) is 0 Å². The van der Waals surface area contributed by atoms with Gasteiger partial charge in [-0.15, -0.1) is 0 Å². The van der Waals surface area contributed by atoms with Gasteiger partial charge in [-0.25, -0.2) is 13.2 Å². The van der Waals surface area contributed by atoms with Crippen molar-refractivity contribution < 1.29 is 27.5 Å². The normalized spacial score (nSPS) is 21.8. The highest BCUT2D eigenvalue weighted by Gasteiger charge is 2.34. The van der Waals surface area contributed by atoms with Gasteiger partial charge in [0.2, 0.25) is 10.0 Å². The Morgan fingerprint density at radius 1 is 1.32 bits per heavy atom. The summed E-state index contributed by atoms with van der Waals surface area (Å²) in [6.45, 7) is 7.31. The molecule has 1 saturated heterocycles. The molecule has 0 aliphatic carbocycles. The Kier molecular flexibility index (Phi) is 7.44. The van der Waals surface area contributed by atoms with E-state index in [0.717, 1.165) is 0 Å². The van der Waals surface area contributed by atoms with E-state index >= 15 is 0 Å². The van der Waals surface area contributed by atoms with E-state index in [1.807, 2.05) is 0 Å². The van der Waals surface area contributed by atoms with Crippen LogP contribution in [0.3, 0.4) is 0 Å². The maximum absolute atomic E-state index is 13.1. The SMILES string of the molecule is CCOC(=O)C(C)NC(=O)c1ccc(Cl)c(S(=O)(=O)N2CC(C)OC(C)C2)c1. The molecule has 1 aliphatic heterocycles. The van der Waals surface area contributed by atoms with Crippen LogP contribution in [-0.4, -0.2) is 62.5 Å². The maximum Gasteiger partial charge on any atom is 0.328 e. The molecule has 0 radical (unpaired) electrons. The highest BCUT2D eigenvalue weighted by Crippen LogP contribution is 2.28. The molecule has 10 heteroatoms. The lowest BCUT2D eigenvalue weighted by molar-refractivity contribution is -0.144. The number of carbonyl (C=O) groups excluding carboxylic acids is 2. The molecule has 1 amide bonds. The molecule has 3 unspecified atom stereocenters. The molecular weight excluding hydrogens is 408 g/mol. The standard InChI is InChI=1S/C18H25ClN2O6S/c1-5-26-18(23)13(4)20-17(22)14-6-7-15(19)16(8-14)28(24,25)21-9-11(2)27-12(3)10-21/h6-8,11-13H,5,9-10H2,1-4H3,(H,20,22). The van der Waals surface area contributed by atoms with Crippen LogP contribution in [0, 0.1) is 0 Å². The maximum atomic E-state index is 13.1. The molecule has 1 aliphatic rings. The first-order valence-corrected chi connectivity index (χ1v) is 10.8. The van der Waals surface area contributed by atoms with Crippen LogP contribution in [0.15, 0.2) is 23.1 Å². The highest BCUT2D eigenvalue weighted by atomic mass is 35.5. The number of sulfonamides is 1. The molecular formula is C18H25ClN2O6S. The second-order valence-corrected chi connectivity index (χ2v) is 8.99. The van der Waals surface area contributed by atoms with Crippen LogP contribution in [0.1, 0.15) is 38.1 Å². The van der Waals surface area contributed by atoms with E-state index in [9.17, 15) is 18.0 Å². The summed E-state index contributed by atoms with van der Waals surface area (Å²) < 4.78 is 37.9. The van der Waals surface area contributed by atoms with Crippen molar-refractivity contribution in [1.82, 2.24) is 9.62 Å². The lowest BCUT2D eigenvalue weighted by atomic mass is 10.2. The predicted octanol–water partition coefficient (Wildman–Crippen LogP) is 1.82. The summed E-state index contributed by atoms with van der Waals surface area (Å²) in [7, 11) is -3.92. The van der Waals surface area contributed by atoms with Crippen LogP contribution >= 0.6 is 11.6 Å². The van der Waals surface area contributed by atoms with E-state index in [4.69, 9.17) is 21.1 Å². The van der Waals surface area contributed by atoms with Gasteiger partial charge in [0.25, 0.3) is 5.91 Å². The third-order valence-electron chi connectivity index (χ3n) is 4.19. The first-order chi connectivity index (χ1) is 13.1. The molecule has 0 bridgehead atoms. The first-order valence-electron chi connectivity index (χ1n) is 8.98. The van der Waals surface area contributed by atoms with Crippen molar-refractivity contribution in [3.8, 4) is 0 Å². The zero-order valence-corrected chi connectivity index (χ0v) is 17.8.